The number of nitrogens with one attached hydrogen (secondary N) is 2. The van der Waals surface area contributed by atoms with Gasteiger partial charge in [-0.2, -0.15) is 5.11 Å². The maximum Gasteiger partial charge on any atom is 0.104 e. The molecule has 0 saturated heterocycles. The molecule has 2 N–H and O–H groups in total. The molecule has 6 nitrogen and oxygen atoms in total. The van der Waals surface area contributed by atoms with Gasteiger partial charge in [-0.25, -0.2) is 0 Å². The third-order valence-corrected chi connectivity index (χ3v) is 7.61. The van der Waals surface area contributed by atoms with Gasteiger partial charge in [-0.15, -0.1) is 5.11 Å². The van der Waals surface area contributed by atoms with E-state index in [1.165, 1.54) is 27.5 Å². The van der Waals surface area contributed by atoms with Crippen LogP contribution in [0.2, 0.25) is 0 Å². The van der Waals surface area contributed by atoms with Crippen LogP contribution in [0.3, 0.4) is 0 Å². The Labute approximate surface area is 246 Å². The average molecular weight is 551 g/mol. The summed E-state index contributed by atoms with van der Waals surface area (Å²) in [6, 6.07) is 38.1. The lowest BCUT2D eigenvalue weighted by Crippen LogP contribution is -2.15. The van der Waals surface area contributed by atoms with Gasteiger partial charge in [0.25, 0.3) is 0 Å². The van der Waals surface area contributed by atoms with E-state index in [0.717, 1.165) is 40.2 Å². The second-order valence-corrected chi connectivity index (χ2v) is 10.5. The number of nitrogens with zero attached hydrogens (tertiary/aromatic N) is 4. The quantitative estimate of drug-likeness (QED) is 0.176. The number of pyridine rings is 1. The number of anilines is 5. The Kier molecular flexibility index (Phi) is 7.77. The van der Waals surface area contributed by atoms with Crippen LogP contribution in [0.25, 0.3) is 21.5 Å². The largest absolute Gasteiger partial charge is 0.382 e. The highest BCUT2D eigenvalue weighted by molar-refractivity contribution is 6.08. The molecule has 6 heteroatoms. The van der Waals surface area contributed by atoms with Crippen molar-refractivity contribution in [3.8, 4) is 0 Å². The minimum atomic E-state index is 0.411. The second kappa shape index (κ2) is 12.1. The molecule has 0 saturated carbocycles. The van der Waals surface area contributed by atoms with E-state index in [2.05, 4.69) is 124 Å². The predicted molar refractivity (Wildman–Crippen MR) is 177 cm³/mol. The molecule has 1 atom stereocenters. The number of aromatic nitrogens is 1. The van der Waals surface area contributed by atoms with E-state index in [4.69, 9.17) is 0 Å². The maximum atomic E-state index is 4.33. The monoisotopic (exact) mass is 550 g/mol. The van der Waals surface area contributed by atoms with Crippen LogP contribution in [0.1, 0.15) is 20.3 Å². The van der Waals surface area contributed by atoms with Gasteiger partial charge in [0.05, 0.1) is 11.9 Å². The van der Waals surface area contributed by atoms with Crippen molar-refractivity contribution in [2.24, 2.45) is 10.2 Å². The number of rotatable bonds is 9. The molecular formula is C36H34N6. The van der Waals surface area contributed by atoms with Crippen LogP contribution < -0.4 is 15.5 Å². The number of benzene rings is 5. The SMILES string of the molecule is CCC(C)Nc1ccc(N(C)c2ccc(Nc3ccc(N=Nc4cccnc4)cc3)c3ccccc23)c2ccccc12. The third kappa shape index (κ3) is 5.65. The van der Waals surface area contributed by atoms with Crippen molar-refractivity contribution in [2.45, 2.75) is 26.3 Å². The van der Waals surface area contributed by atoms with E-state index in [1.807, 2.05) is 36.4 Å². The fourth-order valence-corrected chi connectivity index (χ4v) is 5.18. The molecule has 0 amide bonds. The normalized spacial score (nSPS) is 12.1. The molecule has 6 rings (SSSR count). The van der Waals surface area contributed by atoms with Crippen LogP contribution in [0, 0.1) is 0 Å². The fourth-order valence-electron chi connectivity index (χ4n) is 5.18. The summed E-state index contributed by atoms with van der Waals surface area (Å²) < 4.78 is 0. The highest BCUT2D eigenvalue weighted by Gasteiger charge is 2.15. The standard InChI is InChI=1S/C36H34N6/c1-4-25(2)38-33-19-21-35(31-13-7-5-11-29(31)33)42(3)36-22-20-34(30-12-6-8-14-32(30)36)39-26-15-17-27(18-16-26)40-41-28-10-9-23-37-24-28/h5-25,38-39H,4H2,1-3H3. The molecule has 0 aliphatic heterocycles. The van der Waals surface area contributed by atoms with E-state index in [-0.39, 0.29) is 0 Å². The van der Waals surface area contributed by atoms with Crippen molar-refractivity contribution in [1.82, 2.24) is 4.98 Å². The first-order valence-corrected chi connectivity index (χ1v) is 14.3. The number of hydrogen-bond acceptors (Lipinski definition) is 6. The van der Waals surface area contributed by atoms with Crippen LogP contribution in [-0.4, -0.2) is 18.1 Å². The van der Waals surface area contributed by atoms with E-state index in [9.17, 15) is 0 Å². The number of hydrogen-bond donors (Lipinski definition) is 2. The minimum absolute atomic E-state index is 0.411. The van der Waals surface area contributed by atoms with Gasteiger partial charge >= 0.3 is 0 Å². The molecular weight excluding hydrogens is 516 g/mol. The molecule has 0 fully saturated rings. The summed E-state index contributed by atoms with van der Waals surface area (Å²) in [5.41, 5.74) is 7.03. The van der Waals surface area contributed by atoms with Gasteiger partial charge in [0.2, 0.25) is 0 Å². The van der Waals surface area contributed by atoms with Gasteiger partial charge in [-0.3, -0.25) is 4.98 Å². The summed E-state index contributed by atoms with van der Waals surface area (Å²) in [5, 5.41) is 20.7. The van der Waals surface area contributed by atoms with Gasteiger partial charge in [-0.05, 0) is 74.0 Å². The summed E-state index contributed by atoms with van der Waals surface area (Å²) in [4.78, 5) is 6.37. The van der Waals surface area contributed by atoms with Crippen molar-refractivity contribution in [3.63, 3.8) is 0 Å². The van der Waals surface area contributed by atoms with Crippen LogP contribution >= 0.6 is 0 Å². The van der Waals surface area contributed by atoms with Crippen LogP contribution in [0.5, 0.6) is 0 Å². The Hall–Kier alpha value is -5.23. The first kappa shape index (κ1) is 27.0. The first-order chi connectivity index (χ1) is 20.6. The van der Waals surface area contributed by atoms with Crippen molar-refractivity contribution >= 4 is 61.4 Å². The van der Waals surface area contributed by atoms with E-state index in [0.29, 0.717) is 6.04 Å². The molecule has 1 unspecified atom stereocenters. The highest BCUT2D eigenvalue weighted by atomic mass is 15.1. The molecule has 0 spiro atoms. The molecule has 0 aliphatic rings. The molecule has 208 valence electrons. The molecule has 42 heavy (non-hydrogen) atoms. The summed E-state index contributed by atoms with van der Waals surface area (Å²) in [7, 11) is 2.15. The Morgan fingerprint density at radius 1 is 0.667 bits per heavy atom. The van der Waals surface area contributed by atoms with Crippen molar-refractivity contribution in [2.75, 3.05) is 22.6 Å². The third-order valence-electron chi connectivity index (χ3n) is 7.61. The van der Waals surface area contributed by atoms with Crippen molar-refractivity contribution in [3.05, 3.63) is 122 Å². The summed E-state index contributed by atoms with van der Waals surface area (Å²) in [6.07, 6.45) is 4.48. The molecule has 1 aromatic heterocycles. The molecule has 5 aromatic carbocycles. The zero-order valence-corrected chi connectivity index (χ0v) is 24.1. The van der Waals surface area contributed by atoms with Crippen molar-refractivity contribution < 1.29 is 0 Å². The Balaban J connectivity index is 1.29. The van der Waals surface area contributed by atoms with Crippen LogP contribution in [-0.2, 0) is 0 Å². The lowest BCUT2D eigenvalue weighted by Gasteiger charge is -2.25. The van der Waals surface area contributed by atoms with Crippen molar-refractivity contribution in [1.29, 1.82) is 0 Å². The molecule has 0 radical (unpaired) electrons. The zero-order chi connectivity index (χ0) is 28.9. The zero-order valence-electron chi connectivity index (χ0n) is 24.1. The molecule has 1 heterocycles. The van der Waals surface area contributed by atoms with E-state index >= 15 is 0 Å². The van der Waals surface area contributed by atoms with Gasteiger partial charge in [0.1, 0.15) is 5.69 Å². The van der Waals surface area contributed by atoms with Gasteiger partial charge in [0, 0.05) is 69.3 Å². The fraction of sp³-hybridized carbons (Fsp3) is 0.139. The van der Waals surface area contributed by atoms with Gasteiger partial charge in [-0.1, -0.05) is 55.5 Å². The Morgan fingerprint density at radius 3 is 1.88 bits per heavy atom. The molecule has 0 aliphatic carbocycles. The summed E-state index contributed by atoms with van der Waals surface area (Å²) in [6.45, 7) is 4.43. The Bertz CT molecular complexity index is 1850. The first-order valence-electron chi connectivity index (χ1n) is 14.3. The minimum Gasteiger partial charge on any atom is -0.382 e. The lowest BCUT2D eigenvalue weighted by atomic mass is 10.0. The number of fused-ring (bicyclic) bond motifs is 2. The Morgan fingerprint density at radius 2 is 1.26 bits per heavy atom. The predicted octanol–water partition coefficient (Wildman–Crippen LogP) is 10.5. The van der Waals surface area contributed by atoms with Crippen LogP contribution in [0.4, 0.5) is 39.8 Å². The molecule has 0 bridgehead atoms. The van der Waals surface area contributed by atoms with E-state index in [1.54, 1.807) is 12.4 Å². The average Bonchev–Trinajstić information content (AvgIpc) is 3.05. The lowest BCUT2D eigenvalue weighted by molar-refractivity contribution is 0.765. The number of azo groups is 1. The van der Waals surface area contributed by atoms with Crippen LogP contribution in [0.15, 0.2) is 132 Å². The maximum absolute atomic E-state index is 4.33. The van der Waals surface area contributed by atoms with E-state index < -0.39 is 0 Å². The summed E-state index contributed by atoms with van der Waals surface area (Å²) in [5.74, 6) is 0. The van der Waals surface area contributed by atoms with Gasteiger partial charge < -0.3 is 15.5 Å². The molecule has 6 aromatic rings. The topological polar surface area (TPSA) is 64.9 Å². The summed E-state index contributed by atoms with van der Waals surface area (Å²) >= 11 is 0. The highest BCUT2D eigenvalue weighted by Crippen LogP contribution is 2.40. The smallest absolute Gasteiger partial charge is 0.104 e. The second-order valence-electron chi connectivity index (χ2n) is 10.5. The van der Waals surface area contributed by atoms with Gasteiger partial charge in [0.15, 0.2) is 0 Å².